The minimum Gasteiger partial charge on any atom is -0.455 e. The lowest BCUT2D eigenvalue weighted by Gasteiger charge is -2.37. The van der Waals surface area contributed by atoms with E-state index in [4.69, 9.17) is 10.2 Å². The molecule has 23 heavy (non-hydrogen) atoms. The van der Waals surface area contributed by atoms with Crippen molar-refractivity contribution < 1.29 is 17.6 Å². The minimum atomic E-state index is -3.64. The van der Waals surface area contributed by atoms with Gasteiger partial charge in [-0.1, -0.05) is 0 Å². The number of furan rings is 1. The highest BCUT2D eigenvalue weighted by Gasteiger charge is 2.33. The molecule has 8 heteroatoms. The Morgan fingerprint density at radius 1 is 1.43 bits per heavy atom. The molecular formula is C15H25N3O4S. The molecule has 1 aliphatic rings. The molecule has 130 valence electrons. The fourth-order valence-corrected chi connectivity index (χ4v) is 3.98. The average Bonchev–Trinajstić information content (AvgIpc) is 2.88. The first-order valence-electron chi connectivity index (χ1n) is 7.75. The summed E-state index contributed by atoms with van der Waals surface area (Å²) in [5, 5.41) is 0. The van der Waals surface area contributed by atoms with Crippen LogP contribution in [0.1, 0.15) is 42.5 Å². The minimum absolute atomic E-state index is 0.0280. The number of likely N-dealkylation sites (tertiary alicyclic amines) is 1. The van der Waals surface area contributed by atoms with Gasteiger partial charge in [0.25, 0.3) is 5.91 Å². The molecule has 1 amide bonds. The summed E-state index contributed by atoms with van der Waals surface area (Å²) in [7, 11) is -0.748. The maximum absolute atomic E-state index is 12.7. The van der Waals surface area contributed by atoms with Crippen molar-refractivity contribution in [1.29, 1.82) is 0 Å². The molecule has 2 atom stereocenters. The Labute approximate surface area is 137 Å². The van der Waals surface area contributed by atoms with Crippen molar-refractivity contribution >= 4 is 15.9 Å². The van der Waals surface area contributed by atoms with E-state index < -0.39 is 10.0 Å². The van der Waals surface area contributed by atoms with E-state index in [-0.39, 0.29) is 34.4 Å². The highest BCUT2D eigenvalue weighted by Crippen LogP contribution is 2.26. The molecule has 0 radical (unpaired) electrons. The summed E-state index contributed by atoms with van der Waals surface area (Å²) in [5.41, 5.74) is 5.99. The maximum Gasteiger partial charge on any atom is 0.289 e. The van der Waals surface area contributed by atoms with Crippen molar-refractivity contribution in [3.63, 3.8) is 0 Å². The number of carbonyl (C=O) groups excluding carboxylic acids is 1. The fraction of sp³-hybridized carbons (Fsp3) is 0.667. The van der Waals surface area contributed by atoms with Crippen molar-refractivity contribution in [3.05, 3.63) is 17.6 Å². The average molecular weight is 343 g/mol. The van der Waals surface area contributed by atoms with E-state index in [0.29, 0.717) is 6.54 Å². The lowest BCUT2D eigenvalue weighted by atomic mass is 9.96. The van der Waals surface area contributed by atoms with Crippen LogP contribution in [0.2, 0.25) is 0 Å². The summed E-state index contributed by atoms with van der Waals surface area (Å²) in [5.74, 6) is -0.0258. The third-order valence-electron chi connectivity index (χ3n) is 4.26. The molecule has 1 fully saturated rings. The second-order valence-corrected chi connectivity index (χ2v) is 8.36. The maximum atomic E-state index is 12.7. The van der Waals surface area contributed by atoms with E-state index in [1.807, 2.05) is 6.92 Å². The van der Waals surface area contributed by atoms with Crippen LogP contribution in [0.5, 0.6) is 0 Å². The molecule has 0 aromatic carbocycles. The number of aryl methyl sites for hydroxylation is 1. The number of piperidine rings is 1. The Bertz CT molecular complexity index is 679. The van der Waals surface area contributed by atoms with Crippen LogP contribution in [-0.4, -0.2) is 56.3 Å². The van der Waals surface area contributed by atoms with Crippen molar-refractivity contribution in [1.82, 2.24) is 9.21 Å². The Kier molecular flexibility index (Phi) is 5.17. The number of nitrogens with two attached hydrogens (primary N) is 1. The molecule has 1 aromatic rings. The first kappa shape index (κ1) is 18.0. The van der Waals surface area contributed by atoms with Crippen molar-refractivity contribution in [2.45, 2.75) is 50.1 Å². The topological polar surface area (TPSA) is 96.8 Å². The quantitative estimate of drug-likeness (QED) is 0.885. The SMILES string of the molecule is Cc1oc(C(=O)N2CCCCC2C(C)N)cc1S(=O)(=O)N(C)C. The van der Waals surface area contributed by atoms with Crippen LogP contribution in [0, 0.1) is 6.92 Å². The number of rotatable bonds is 4. The van der Waals surface area contributed by atoms with E-state index in [0.717, 1.165) is 23.6 Å². The molecule has 1 aliphatic heterocycles. The van der Waals surface area contributed by atoms with Gasteiger partial charge in [-0.25, -0.2) is 12.7 Å². The second kappa shape index (κ2) is 6.62. The standard InChI is InChI=1S/C15H25N3O4S/c1-10(16)12-7-5-6-8-18(12)15(19)13-9-14(11(2)22-13)23(20,21)17(3)4/h9-10,12H,5-8,16H2,1-4H3. The van der Waals surface area contributed by atoms with Gasteiger partial charge in [-0.2, -0.15) is 0 Å². The van der Waals surface area contributed by atoms with Crippen LogP contribution in [-0.2, 0) is 10.0 Å². The van der Waals surface area contributed by atoms with E-state index in [1.54, 1.807) is 11.8 Å². The molecule has 2 heterocycles. The van der Waals surface area contributed by atoms with Crippen LogP contribution in [0.25, 0.3) is 0 Å². The van der Waals surface area contributed by atoms with Crippen LogP contribution in [0.4, 0.5) is 0 Å². The summed E-state index contributed by atoms with van der Waals surface area (Å²) in [6.07, 6.45) is 2.80. The third kappa shape index (κ3) is 3.44. The second-order valence-electron chi connectivity index (χ2n) is 6.24. The van der Waals surface area contributed by atoms with Gasteiger partial charge < -0.3 is 15.1 Å². The number of sulfonamides is 1. The van der Waals surface area contributed by atoms with Crippen molar-refractivity contribution in [3.8, 4) is 0 Å². The summed E-state index contributed by atoms with van der Waals surface area (Å²) in [4.78, 5) is 14.5. The summed E-state index contributed by atoms with van der Waals surface area (Å²) in [6.45, 7) is 4.04. The van der Waals surface area contributed by atoms with Gasteiger partial charge in [0.05, 0.1) is 0 Å². The number of nitrogens with zero attached hydrogens (tertiary/aromatic N) is 2. The van der Waals surface area contributed by atoms with Gasteiger partial charge in [-0.15, -0.1) is 0 Å². The van der Waals surface area contributed by atoms with Gasteiger partial charge in [0.15, 0.2) is 5.76 Å². The highest BCUT2D eigenvalue weighted by atomic mass is 32.2. The normalized spacial score (nSPS) is 20.8. The van der Waals surface area contributed by atoms with Gasteiger partial charge in [0, 0.05) is 38.8 Å². The van der Waals surface area contributed by atoms with E-state index in [9.17, 15) is 13.2 Å². The molecular weight excluding hydrogens is 318 g/mol. The van der Waals surface area contributed by atoms with Gasteiger partial charge in [0.2, 0.25) is 10.0 Å². The Morgan fingerprint density at radius 3 is 2.65 bits per heavy atom. The fourth-order valence-electron chi connectivity index (χ4n) is 2.92. The first-order valence-corrected chi connectivity index (χ1v) is 9.19. The largest absolute Gasteiger partial charge is 0.455 e. The van der Waals surface area contributed by atoms with Gasteiger partial charge >= 0.3 is 0 Å². The third-order valence-corrected chi connectivity index (χ3v) is 6.18. The highest BCUT2D eigenvalue weighted by molar-refractivity contribution is 7.89. The van der Waals surface area contributed by atoms with Gasteiger partial charge in [-0.3, -0.25) is 4.79 Å². The number of carbonyl (C=O) groups is 1. The monoisotopic (exact) mass is 343 g/mol. The van der Waals surface area contributed by atoms with E-state index in [2.05, 4.69) is 0 Å². The van der Waals surface area contributed by atoms with Crippen LogP contribution < -0.4 is 5.73 Å². The van der Waals surface area contributed by atoms with Gasteiger partial charge in [0.1, 0.15) is 10.7 Å². The Balaban J connectivity index is 2.34. The smallest absolute Gasteiger partial charge is 0.289 e. The molecule has 0 bridgehead atoms. The zero-order chi connectivity index (χ0) is 17.4. The molecule has 1 aromatic heterocycles. The lowest BCUT2D eigenvalue weighted by Crippen LogP contribution is -2.51. The molecule has 2 rings (SSSR count). The van der Waals surface area contributed by atoms with Crippen LogP contribution in [0.3, 0.4) is 0 Å². The lowest BCUT2D eigenvalue weighted by molar-refractivity contribution is 0.0550. The van der Waals surface area contributed by atoms with E-state index >= 15 is 0 Å². The zero-order valence-electron chi connectivity index (χ0n) is 14.1. The molecule has 7 nitrogen and oxygen atoms in total. The van der Waals surface area contributed by atoms with E-state index in [1.165, 1.54) is 20.2 Å². The summed E-state index contributed by atoms with van der Waals surface area (Å²) in [6, 6.07) is 1.13. The van der Waals surface area contributed by atoms with Gasteiger partial charge in [-0.05, 0) is 33.1 Å². The molecule has 0 aliphatic carbocycles. The predicted molar refractivity (Wildman–Crippen MR) is 86.6 cm³/mol. The summed E-state index contributed by atoms with van der Waals surface area (Å²) < 4.78 is 31.1. The summed E-state index contributed by atoms with van der Waals surface area (Å²) >= 11 is 0. The number of amides is 1. The Hall–Kier alpha value is -1.38. The zero-order valence-corrected chi connectivity index (χ0v) is 14.9. The van der Waals surface area contributed by atoms with Crippen LogP contribution >= 0.6 is 0 Å². The molecule has 0 spiro atoms. The van der Waals surface area contributed by atoms with Crippen molar-refractivity contribution in [2.24, 2.45) is 5.73 Å². The Morgan fingerprint density at radius 2 is 2.09 bits per heavy atom. The molecule has 2 unspecified atom stereocenters. The number of hydrogen-bond donors (Lipinski definition) is 1. The van der Waals surface area contributed by atoms with Crippen molar-refractivity contribution in [2.75, 3.05) is 20.6 Å². The van der Waals surface area contributed by atoms with Crippen LogP contribution in [0.15, 0.2) is 15.4 Å². The molecule has 2 N–H and O–H groups in total. The molecule has 0 saturated carbocycles. The first-order chi connectivity index (χ1) is 10.7. The molecule has 1 saturated heterocycles. The number of hydrogen-bond acceptors (Lipinski definition) is 5. The predicted octanol–water partition coefficient (Wildman–Crippen LogP) is 1.18.